The number of benzene rings is 3. The van der Waals surface area contributed by atoms with Crippen molar-refractivity contribution in [1.82, 2.24) is 0 Å². The van der Waals surface area contributed by atoms with Gasteiger partial charge in [0.15, 0.2) is 14.6 Å². The molecule has 0 radical (unpaired) electrons. The summed E-state index contributed by atoms with van der Waals surface area (Å²) in [5.41, 5.74) is 0.922. The minimum Gasteiger partial charge on any atom is -0.497 e. The molecule has 4 rings (SSSR count). The van der Waals surface area contributed by atoms with Crippen molar-refractivity contribution in [3.8, 4) is 5.75 Å². The number of hydrogen-bond acceptors (Lipinski definition) is 7. The summed E-state index contributed by atoms with van der Waals surface area (Å²) in [6, 6.07) is 28.3. The maximum Gasteiger partial charge on any atom is 0.261 e. The zero-order chi connectivity index (χ0) is 33.0. The summed E-state index contributed by atoms with van der Waals surface area (Å²) in [6.45, 7) is 17.6. The van der Waals surface area contributed by atoms with Crippen molar-refractivity contribution in [2.75, 3.05) is 13.7 Å². The molecule has 246 valence electrons. The second-order valence-electron chi connectivity index (χ2n) is 14.5. The zero-order valence-corrected chi connectivity index (χ0v) is 30.3. The Morgan fingerprint density at radius 3 is 1.73 bits per heavy atom. The summed E-state index contributed by atoms with van der Waals surface area (Å²) >= 11 is 0. The molecule has 0 aromatic heterocycles. The first-order chi connectivity index (χ1) is 21.1. The first-order valence-electron chi connectivity index (χ1n) is 15.8. The van der Waals surface area contributed by atoms with Crippen molar-refractivity contribution in [3.63, 3.8) is 0 Å². The van der Waals surface area contributed by atoms with E-state index in [0.29, 0.717) is 0 Å². The van der Waals surface area contributed by atoms with Crippen LogP contribution >= 0.6 is 0 Å². The second-order valence-corrected chi connectivity index (χ2v) is 23.6. The van der Waals surface area contributed by atoms with Crippen LogP contribution in [-0.4, -0.2) is 71.3 Å². The van der Waals surface area contributed by atoms with Crippen LogP contribution in [0.25, 0.3) is 0 Å². The fourth-order valence-electron chi connectivity index (χ4n) is 5.69. The molecule has 5 atom stereocenters. The molecule has 0 bridgehead atoms. The average Bonchev–Trinajstić information content (AvgIpc) is 3.00. The van der Waals surface area contributed by atoms with E-state index < -0.39 is 47.3 Å². The molecule has 3 aromatic rings. The molecule has 1 aliphatic rings. The third kappa shape index (κ3) is 7.80. The van der Waals surface area contributed by atoms with Gasteiger partial charge in [-0.25, -0.2) is 0 Å². The van der Waals surface area contributed by atoms with E-state index in [9.17, 15) is 10.2 Å². The van der Waals surface area contributed by atoms with E-state index in [0.717, 1.165) is 21.7 Å². The van der Waals surface area contributed by atoms with Crippen LogP contribution in [0.3, 0.4) is 0 Å². The summed E-state index contributed by atoms with van der Waals surface area (Å²) in [4.78, 5) is 0. The van der Waals surface area contributed by atoms with Gasteiger partial charge in [0.05, 0.1) is 20.3 Å². The largest absolute Gasteiger partial charge is 0.497 e. The van der Waals surface area contributed by atoms with E-state index in [4.69, 9.17) is 23.1 Å². The molecule has 1 heterocycles. The molecule has 3 aromatic carbocycles. The smallest absolute Gasteiger partial charge is 0.261 e. The van der Waals surface area contributed by atoms with Gasteiger partial charge in [-0.05, 0) is 51.2 Å². The third-order valence-electron chi connectivity index (χ3n) is 9.34. The number of hydrogen-bond donors (Lipinski definition) is 2. The van der Waals surface area contributed by atoms with Gasteiger partial charge in [-0.15, -0.1) is 0 Å². The lowest BCUT2D eigenvalue weighted by Gasteiger charge is -2.48. The van der Waals surface area contributed by atoms with Crippen LogP contribution in [-0.2, 0) is 24.9 Å². The Bertz CT molecular complexity index is 1300. The normalized spacial score (nSPS) is 23.1. The quantitative estimate of drug-likeness (QED) is 0.260. The zero-order valence-electron chi connectivity index (χ0n) is 28.3. The average molecular weight is 653 g/mol. The number of ether oxygens (including phenoxy) is 3. The molecule has 45 heavy (non-hydrogen) atoms. The topological polar surface area (TPSA) is 86.6 Å². The number of aliphatic hydroxyl groups is 2. The predicted octanol–water partition coefficient (Wildman–Crippen LogP) is 5.63. The van der Waals surface area contributed by atoms with Crippen molar-refractivity contribution in [2.45, 2.75) is 102 Å². The highest BCUT2D eigenvalue weighted by Crippen LogP contribution is 2.41. The molecule has 0 amide bonds. The Hall–Kier alpha value is -2.35. The predicted molar refractivity (Wildman–Crippen MR) is 184 cm³/mol. The molecule has 1 fully saturated rings. The fraction of sp³-hybridized carbons (Fsp3) is 0.500. The number of aliphatic hydroxyl groups excluding tert-OH is 2. The monoisotopic (exact) mass is 652 g/mol. The Labute approximate surface area is 271 Å². The van der Waals surface area contributed by atoms with Crippen molar-refractivity contribution >= 4 is 27.0 Å². The minimum absolute atomic E-state index is 0.0702. The van der Waals surface area contributed by atoms with E-state index >= 15 is 0 Å². The van der Waals surface area contributed by atoms with Gasteiger partial charge >= 0.3 is 0 Å². The highest BCUT2D eigenvalue weighted by molar-refractivity contribution is 6.99. The van der Waals surface area contributed by atoms with Crippen LogP contribution in [0.2, 0.25) is 23.2 Å². The van der Waals surface area contributed by atoms with Gasteiger partial charge in [0, 0.05) is 0 Å². The molecule has 0 saturated carbocycles. The maximum atomic E-state index is 11.6. The van der Waals surface area contributed by atoms with Crippen LogP contribution in [0.4, 0.5) is 0 Å². The van der Waals surface area contributed by atoms with Gasteiger partial charge in [-0.2, -0.15) is 0 Å². The highest BCUT2D eigenvalue weighted by atomic mass is 28.4. The molecule has 0 unspecified atom stereocenters. The molecule has 1 saturated heterocycles. The van der Waals surface area contributed by atoms with Crippen molar-refractivity contribution in [3.05, 3.63) is 90.5 Å². The van der Waals surface area contributed by atoms with Crippen LogP contribution in [0.1, 0.15) is 47.1 Å². The molecular formula is C36H52O7Si2. The van der Waals surface area contributed by atoms with Gasteiger partial charge in [-0.1, -0.05) is 114 Å². The summed E-state index contributed by atoms with van der Waals surface area (Å²) in [6.07, 6.45) is -5.11. The molecule has 0 aliphatic carbocycles. The van der Waals surface area contributed by atoms with Crippen molar-refractivity contribution in [2.24, 2.45) is 0 Å². The van der Waals surface area contributed by atoms with Crippen LogP contribution < -0.4 is 15.1 Å². The Kier molecular flexibility index (Phi) is 11.2. The van der Waals surface area contributed by atoms with Crippen LogP contribution in [0.5, 0.6) is 5.75 Å². The molecule has 0 spiro atoms. The van der Waals surface area contributed by atoms with Crippen LogP contribution in [0.15, 0.2) is 84.9 Å². The Balaban J connectivity index is 1.66. The summed E-state index contributed by atoms with van der Waals surface area (Å²) in [5, 5.41) is 25.0. The van der Waals surface area contributed by atoms with Crippen molar-refractivity contribution in [1.29, 1.82) is 0 Å². The van der Waals surface area contributed by atoms with E-state index in [1.165, 1.54) is 0 Å². The van der Waals surface area contributed by atoms with Crippen molar-refractivity contribution < 1.29 is 33.3 Å². The summed E-state index contributed by atoms with van der Waals surface area (Å²) in [7, 11) is -3.67. The van der Waals surface area contributed by atoms with E-state index in [1.54, 1.807) is 7.11 Å². The summed E-state index contributed by atoms with van der Waals surface area (Å²) in [5.74, 6) is 0.755. The lowest BCUT2D eigenvalue weighted by atomic mass is 9.99. The van der Waals surface area contributed by atoms with Gasteiger partial charge in [0.2, 0.25) is 0 Å². The molecule has 1 aliphatic heterocycles. The number of methoxy groups -OCH3 is 1. The van der Waals surface area contributed by atoms with E-state index in [1.807, 2.05) is 60.7 Å². The Morgan fingerprint density at radius 1 is 0.733 bits per heavy atom. The Morgan fingerprint density at radius 2 is 1.27 bits per heavy atom. The second kappa shape index (κ2) is 14.2. The number of rotatable bonds is 11. The fourth-order valence-corrected chi connectivity index (χ4v) is 11.5. The molecular weight excluding hydrogens is 601 g/mol. The SMILES string of the molecule is COc1ccc(CO[C@@H]2O[C@H](CO[Si](c3ccccc3)(c3ccccc3)C(C)(C)C)[C@H](O)[C@H](O)[C@H]2O[Si](C)(C)C(C)(C)C)cc1. The highest BCUT2D eigenvalue weighted by Gasteiger charge is 2.53. The van der Waals surface area contributed by atoms with Gasteiger partial charge in [0.1, 0.15) is 30.2 Å². The van der Waals surface area contributed by atoms with Crippen LogP contribution in [0, 0.1) is 0 Å². The third-order valence-corrected chi connectivity index (χ3v) is 18.8. The lowest BCUT2D eigenvalue weighted by Crippen LogP contribution is -2.68. The lowest BCUT2D eigenvalue weighted by molar-refractivity contribution is -0.299. The van der Waals surface area contributed by atoms with E-state index in [2.05, 4.69) is 78.9 Å². The van der Waals surface area contributed by atoms with Gasteiger partial charge in [-0.3, -0.25) is 0 Å². The van der Waals surface area contributed by atoms with Gasteiger partial charge < -0.3 is 33.3 Å². The standard InChI is InChI=1S/C36H52O7Si2/c1-35(2,3)44(8,9)43-33-32(38)31(37)30(42-34(33)40-24-26-20-22-27(39-7)23-21-26)25-41-45(36(4,5)6,28-16-12-10-13-17-28)29-18-14-11-15-19-29/h10-23,30-34,37-38H,24-25H2,1-9H3/t30-,31+,32+,33-,34-/m1/s1. The maximum absolute atomic E-state index is 11.6. The minimum atomic E-state index is -2.92. The van der Waals surface area contributed by atoms with E-state index in [-0.39, 0.29) is 23.3 Å². The molecule has 9 heteroatoms. The van der Waals surface area contributed by atoms with Gasteiger partial charge in [0.25, 0.3) is 8.32 Å². The first kappa shape index (κ1) is 35.5. The molecule has 7 nitrogen and oxygen atoms in total. The molecule has 2 N–H and O–H groups in total. The summed E-state index contributed by atoms with van der Waals surface area (Å²) < 4.78 is 31.9. The first-order valence-corrected chi connectivity index (χ1v) is 20.6.